The zero-order chi connectivity index (χ0) is 15.6. The molecule has 7 nitrogen and oxygen atoms in total. The summed E-state index contributed by atoms with van der Waals surface area (Å²) in [6, 6.07) is 3.48. The van der Waals surface area contributed by atoms with Crippen LogP contribution in [0, 0.1) is 13.8 Å². The Kier molecular flexibility index (Phi) is 4.11. The Morgan fingerprint density at radius 2 is 2.14 bits per heavy atom. The molecule has 7 heteroatoms. The Morgan fingerprint density at radius 1 is 1.43 bits per heavy atom. The summed E-state index contributed by atoms with van der Waals surface area (Å²) in [5.74, 6) is -1.68. The molecular formula is C14H16N4O3. The molecule has 2 rings (SSSR count). The first-order valence-corrected chi connectivity index (χ1v) is 6.49. The van der Waals surface area contributed by atoms with Crippen LogP contribution >= 0.6 is 0 Å². The minimum atomic E-state index is -0.951. The highest BCUT2D eigenvalue weighted by Crippen LogP contribution is 2.21. The van der Waals surface area contributed by atoms with Crippen LogP contribution in [-0.4, -0.2) is 30.8 Å². The van der Waals surface area contributed by atoms with Crippen molar-refractivity contribution < 1.29 is 9.90 Å². The third-order valence-electron chi connectivity index (χ3n) is 3.43. The number of aromatic nitrogens is 4. The second-order valence-corrected chi connectivity index (χ2v) is 4.84. The molecule has 0 fully saturated rings. The first-order chi connectivity index (χ1) is 9.91. The minimum Gasteiger partial charge on any atom is -0.481 e. The van der Waals surface area contributed by atoms with Crippen molar-refractivity contribution in [3.8, 4) is 0 Å². The molecular weight excluding hydrogens is 272 g/mol. The van der Waals surface area contributed by atoms with Gasteiger partial charge in [0.2, 0.25) is 0 Å². The predicted octanol–water partition coefficient (Wildman–Crippen LogP) is 0.887. The van der Waals surface area contributed by atoms with Gasteiger partial charge in [-0.3, -0.25) is 9.36 Å². The van der Waals surface area contributed by atoms with Crippen molar-refractivity contribution in [1.29, 1.82) is 0 Å². The van der Waals surface area contributed by atoms with Crippen LogP contribution in [0.2, 0.25) is 0 Å². The van der Waals surface area contributed by atoms with E-state index in [0.717, 1.165) is 0 Å². The third kappa shape index (κ3) is 2.96. The van der Waals surface area contributed by atoms with Gasteiger partial charge >= 0.3 is 11.7 Å². The largest absolute Gasteiger partial charge is 0.481 e. The van der Waals surface area contributed by atoms with Crippen LogP contribution in [0.25, 0.3) is 0 Å². The van der Waals surface area contributed by atoms with Gasteiger partial charge in [0.15, 0.2) is 0 Å². The van der Waals surface area contributed by atoms with Gasteiger partial charge < -0.3 is 5.11 Å². The van der Waals surface area contributed by atoms with E-state index in [9.17, 15) is 14.7 Å². The lowest BCUT2D eigenvalue weighted by molar-refractivity contribution is -0.138. The number of nitrogens with zero attached hydrogens (tertiary/aromatic N) is 4. The van der Waals surface area contributed by atoms with E-state index in [1.807, 2.05) is 0 Å². The molecule has 0 spiro atoms. The normalized spacial score (nSPS) is 12.1. The van der Waals surface area contributed by atoms with E-state index in [0.29, 0.717) is 22.6 Å². The lowest BCUT2D eigenvalue weighted by Gasteiger charge is -2.17. The fourth-order valence-electron chi connectivity index (χ4n) is 2.33. The maximum atomic E-state index is 12.1. The average Bonchev–Trinajstić information content (AvgIpc) is 2.44. The van der Waals surface area contributed by atoms with Crippen molar-refractivity contribution in [2.24, 2.45) is 0 Å². The molecule has 2 heterocycles. The average molecular weight is 288 g/mol. The zero-order valence-corrected chi connectivity index (χ0v) is 12.1. The summed E-state index contributed by atoms with van der Waals surface area (Å²) >= 11 is 0. The fraction of sp³-hybridized carbons (Fsp3) is 0.357. The van der Waals surface area contributed by atoms with Gasteiger partial charge in [0.05, 0.1) is 18.2 Å². The fourth-order valence-corrected chi connectivity index (χ4v) is 2.33. The molecule has 0 saturated heterocycles. The number of carbonyl (C=O) groups is 1. The van der Waals surface area contributed by atoms with Gasteiger partial charge in [-0.25, -0.2) is 4.79 Å². The number of aliphatic carboxylic acids is 1. The molecule has 0 aliphatic heterocycles. The monoisotopic (exact) mass is 288 g/mol. The molecule has 1 atom stereocenters. The van der Waals surface area contributed by atoms with Crippen LogP contribution in [0.1, 0.15) is 35.5 Å². The minimum absolute atomic E-state index is 0.213. The van der Waals surface area contributed by atoms with Gasteiger partial charge in [-0.1, -0.05) is 0 Å². The summed E-state index contributed by atoms with van der Waals surface area (Å²) in [4.78, 5) is 27.2. The van der Waals surface area contributed by atoms with Crippen LogP contribution < -0.4 is 5.69 Å². The molecule has 0 radical (unpaired) electrons. The lowest BCUT2D eigenvalue weighted by atomic mass is 9.98. The van der Waals surface area contributed by atoms with E-state index in [2.05, 4.69) is 15.2 Å². The molecule has 0 amide bonds. The van der Waals surface area contributed by atoms with Gasteiger partial charge in [0, 0.05) is 23.1 Å². The van der Waals surface area contributed by atoms with Crippen molar-refractivity contribution in [1.82, 2.24) is 19.7 Å². The van der Waals surface area contributed by atoms with Crippen molar-refractivity contribution in [3.63, 3.8) is 0 Å². The summed E-state index contributed by atoms with van der Waals surface area (Å²) < 4.78 is 1.42. The molecule has 2 aromatic rings. The summed E-state index contributed by atoms with van der Waals surface area (Å²) in [6.45, 7) is 5.17. The van der Waals surface area contributed by atoms with E-state index in [1.54, 1.807) is 39.1 Å². The van der Waals surface area contributed by atoms with E-state index in [4.69, 9.17) is 0 Å². The van der Waals surface area contributed by atoms with Gasteiger partial charge in [-0.05, 0) is 32.9 Å². The molecule has 1 unspecified atom stereocenters. The van der Waals surface area contributed by atoms with Crippen LogP contribution in [0.3, 0.4) is 0 Å². The number of carboxylic acids is 1. The van der Waals surface area contributed by atoms with Crippen LogP contribution in [0.5, 0.6) is 0 Å². The highest BCUT2D eigenvalue weighted by Gasteiger charge is 2.22. The van der Waals surface area contributed by atoms with Gasteiger partial charge in [0.25, 0.3) is 0 Å². The molecule has 0 aromatic carbocycles. The molecule has 21 heavy (non-hydrogen) atoms. The molecule has 110 valence electrons. The number of aryl methyl sites for hydroxylation is 1. The zero-order valence-electron chi connectivity index (χ0n) is 12.1. The lowest BCUT2D eigenvalue weighted by Crippen LogP contribution is -2.30. The van der Waals surface area contributed by atoms with Gasteiger partial charge in [-0.2, -0.15) is 15.2 Å². The Morgan fingerprint density at radius 3 is 2.71 bits per heavy atom. The van der Waals surface area contributed by atoms with Crippen LogP contribution in [0.4, 0.5) is 0 Å². The topological polar surface area (TPSA) is 98.0 Å². The summed E-state index contributed by atoms with van der Waals surface area (Å²) in [5, 5.41) is 16.9. The van der Waals surface area contributed by atoms with Crippen molar-refractivity contribution >= 4 is 5.97 Å². The van der Waals surface area contributed by atoms with E-state index in [1.165, 1.54) is 4.57 Å². The predicted molar refractivity (Wildman–Crippen MR) is 75.2 cm³/mol. The number of carboxylic acid groups (broad SMARTS) is 1. The molecule has 0 saturated carbocycles. The van der Waals surface area contributed by atoms with Crippen molar-refractivity contribution in [3.05, 3.63) is 51.5 Å². The Balaban J connectivity index is 2.54. The quantitative estimate of drug-likeness (QED) is 0.897. The van der Waals surface area contributed by atoms with Crippen LogP contribution in [0.15, 0.2) is 23.1 Å². The Hall–Kier alpha value is -2.57. The number of hydrogen-bond acceptors (Lipinski definition) is 5. The molecule has 0 bridgehead atoms. The second kappa shape index (κ2) is 5.82. The Bertz CT molecular complexity index is 725. The summed E-state index contributed by atoms with van der Waals surface area (Å²) in [6.07, 6.45) is 1.55. The number of rotatable bonds is 4. The highest BCUT2D eigenvalue weighted by atomic mass is 16.4. The van der Waals surface area contributed by atoms with Crippen LogP contribution in [-0.2, 0) is 11.3 Å². The second-order valence-electron chi connectivity index (χ2n) is 4.84. The highest BCUT2D eigenvalue weighted by molar-refractivity contribution is 5.76. The molecule has 0 aliphatic rings. The maximum Gasteiger partial charge on any atom is 0.348 e. The maximum absolute atomic E-state index is 12.1. The molecule has 0 aliphatic carbocycles. The first-order valence-electron chi connectivity index (χ1n) is 6.49. The van der Waals surface area contributed by atoms with E-state index in [-0.39, 0.29) is 6.54 Å². The standard InChI is InChI=1S/C14H16N4O3/c1-8(13(19)20)12-9(2)16-14(21)18(10(12)3)7-11-5-4-6-15-17-11/h4-6,8H,7H2,1-3H3,(H,19,20). The Labute approximate surface area is 121 Å². The van der Waals surface area contributed by atoms with Crippen molar-refractivity contribution in [2.45, 2.75) is 33.2 Å². The molecule has 1 N–H and O–H groups in total. The smallest absolute Gasteiger partial charge is 0.348 e. The van der Waals surface area contributed by atoms with Gasteiger partial charge in [-0.15, -0.1) is 0 Å². The van der Waals surface area contributed by atoms with Crippen molar-refractivity contribution in [2.75, 3.05) is 0 Å². The van der Waals surface area contributed by atoms with E-state index < -0.39 is 17.6 Å². The number of hydrogen-bond donors (Lipinski definition) is 1. The SMILES string of the molecule is Cc1nc(=O)n(Cc2cccnn2)c(C)c1C(C)C(=O)O. The first kappa shape index (κ1) is 14.8. The summed E-state index contributed by atoms with van der Waals surface area (Å²) in [5.41, 5.74) is 1.79. The van der Waals surface area contributed by atoms with E-state index >= 15 is 0 Å². The molecule has 2 aromatic heterocycles. The third-order valence-corrected chi connectivity index (χ3v) is 3.43. The van der Waals surface area contributed by atoms with Gasteiger partial charge in [0.1, 0.15) is 0 Å². The summed E-state index contributed by atoms with van der Waals surface area (Å²) in [7, 11) is 0.